The molecule has 0 radical (unpaired) electrons. The van der Waals surface area contributed by atoms with Gasteiger partial charge in [0.05, 0.1) is 17.9 Å². The molecule has 0 saturated heterocycles. The summed E-state index contributed by atoms with van der Waals surface area (Å²) >= 11 is 0. The van der Waals surface area contributed by atoms with Crippen molar-refractivity contribution in [2.24, 2.45) is 5.41 Å². The maximum Gasteiger partial charge on any atom is 0.303 e. The summed E-state index contributed by atoms with van der Waals surface area (Å²) in [6.45, 7) is 3.94. The van der Waals surface area contributed by atoms with E-state index in [0.29, 0.717) is 12.8 Å². The molecule has 0 atom stereocenters. The van der Waals surface area contributed by atoms with Crippen LogP contribution in [0, 0.1) is 19.3 Å². The Hall–Kier alpha value is -1.36. The normalized spacial score (nSPS) is 16.9. The minimum Gasteiger partial charge on any atom is -0.481 e. The maximum absolute atomic E-state index is 12.2. The third kappa shape index (κ3) is 3.82. The molecule has 20 heavy (non-hydrogen) atoms. The van der Waals surface area contributed by atoms with Crippen LogP contribution in [-0.2, 0) is 20.4 Å². The molecule has 0 amide bonds. The quantitative estimate of drug-likeness (QED) is 0.875. The van der Waals surface area contributed by atoms with Crippen LogP contribution in [0.3, 0.4) is 0 Å². The van der Waals surface area contributed by atoms with Gasteiger partial charge >= 0.3 is 5.97 Å². The van der Waals surface area contributed by atoms with Crippen LogP contribution in [0.1, 0.15) is 36.0 Å². The Bertz CT molecular complexity index is 627. The Morgan fingerprint density at radius 3 is 2.40 bits per heavy atom. The maximum atomic E-state index is 12.2. The lowest BCUT2D eigenvalue weighted by Gasteiger charge is -2.13. The van der Waals surface area contributed by atoms with Crippen molar-refractivity contribution >= 4 is 15.8 Å². The summed E-state index contributed by atoms with van der Waals surface area (Å²) in [6, 6.07) is 5.64. The molecule has 1 N–H and O–H groups in total. The number of carboxylic acid groups (broad SMARTS) is 1. The van der Waals surface area contributed by atoms with Crippen LogP contribution in [0.2, 0.25) is 0 Å². The first-order valence-corrected chi connectivity index (χ1v) is 8.52. The van der Waals surface area contributed by atoms with Crippen LogP contribution in [0.15, 0.2) is 18.2 Å². The van der Waals surface area contributed by atoms with Gasteiger partial charge in [-0.1, -0.05) is 18.2 Å². The number of carbonyl (C=O) groups is 1. The molecular weight excluding hydrogens is 276 g/mol. The van der Waals surface area contributed by atoms with Gasteiger partial charge in [0.1, 0.15) is 0 Å². The van der Waals surface area contributed by atoms with E-state index in [0.717, 1.165) is 16.7 Å². The van der Waals surface area contributed by atoms with E-state index >= 15 is 0 Å². The van der Waals surface area contributed by atoms with Crippen LogP contribution in [-0.4, -0.2) is 25.2 Å². The number of benzene rings is 1. The van der Waals surface area contributed by atoms with Crippen molar-refractivity contribution in [3.8, 4) is 0 Å². The van der Waals surface area contributed by atoms with E-state index < -0.39 is 21.2 Å². The van der Waals surface area contributed by atoms with Crippen molar-refractivity contribution in [2.45, 2.75) is 38.9 Å². The zero-order valence-electron chi connectivity index (χ0n) is 11.8. The Labute approximate surface area is 119 Å². The molecule has 0 aliphatic heterocycles. The van der Waals surface area contributed by atoms with E-state index in [1.807, 2.05) is 32.0 Å². The number of hydrogen-bond donors (Lipinski definition) is 1. The van der Waals surface area contributed by atoms with Gasteiger partial charge in [-0.3, -0.25) is 4.79 Å². The highest BCUT2D eigenvalue weighted by Crippen LogP contribution is 2.50. The molecule has 1 saturated carbocycles. The van der Waals surface area contributed by atoms with Crippen LogP contribution in [0.5, 0.6) is 0 Å². The lowest BCUT2D eigenvalue weighted by atomic mass is 10.1. The van der Waals surface area contributed by atoms with Gasteiger partial charge in [0.25, 0.3) is 0 Å². The molecule has 5 heteroatoms. The second-order valence-corrected chi connectivity index (χ2v) is 8.09. The standard InChI is InChI=1S/C15H20O4S/c1-11-3-4-13(7-12(11)2)9-20(18,19)10-15(5-6-15)8-14(16)17/h3-4,7H,5-6,8-10H2,1-2H3,(H,16,17). The number of aryl methyl sites for hydroxylation is 2. The van der Waals surface area contributed by atoms with E-state index in [1.54, 1.807) is 0 Å². The minimum atomic E-state index is -3.27. The fourth-order valence-electron chi connectivity index (χ4n) is 2.53. The highest BCUT2D eigenvalue weighted by atomic mass is 32.2. The van der Waals surface area contributed by atoms with Crippen molar-refractivity contribution in [1.29, 1.82) is 0 Å². The zero-order chi connectivity index (χ0) is 15.0. The summed E-state index contributed by atoms with van der Waals surface area (Å²) in [7, 11) is -3.27. The molecule has 0 bridgehead atoms. The number of sulfone groups is 1. The van der Waals surface area contributed by atoms with E-state index in [2.05, 4.69) is 0 Å². The molecule has 1 aliphatic rings. The summed E-state index contributed by atoms with van der Waals surface area (Å²) in [5, 5.41) is 8.85. The lowest BCUT2D eigenvalue weighted by molar-refractivity contribution is -0.138. The first-order valence-electron chi connectivity index (χ1n) is 6.70. The highest BCUT2D eigenvalue weighted by Gasteiger charge is 2.47. The average Bonchev–Trinajstić information content (AvgIpc) is 3.00. The number of aliphatic carboxylic acids is 1. The van der Waals surface area contributed by atoms with Gasteiger partial charge < -0.3 is 5.11 Å². The van der Waals surface area contributed by atoms with Gasteiger partial charge in [0.2, 0.25) is 0 Å². The monoisotopic (exact) mass is 296 g/mol. The van der Waals surface area contributed by atoms with Crippen molar-refractivity contribution in [2.75, 3.05) is 5.75 Å². The van der Waals surface area contributed by atoms with Crippen molar-refractivity contribution in [1.82, 2.24) is 0 Å². The molecular formula is C15H20O4S. The molecule has 1 aromatic carbocycles. The van der Waals surface area contributed by atoms with E-state index in [-0.39, 0.29) is 17.9 Å². The fourth-order valence-corrected chi connectivity index (χ4v) is 4.65. The third-order valence-electron chi connectivity index (χ3n) is 3.97. The first kappa shape index (κ1) is 15.0. The summed E-state index contributed by atoms with van der Waals surface area (Å²) in [5.74, 6) is -0.932. The van der Waals surface area contributed by atoms with E-state index in [9.17, 15) is 13.2 Å². The molecule has 1 aliphatic carbocycles. The van der Waals surface area contributed by atoms with Crippen molar-refractivity contribution < 1.29 is 18.3 Å². The number of rotatable bonds is 6. The van der Waals surface area contributed by atoms with Crippen LogP contribution < -0.4 is 0 Å². The van der Waals surface area contributed by atoms with Gasteiger partial charge in [0, 0.05) is 0 Å². The van der Waals surface area contributed by atoms with Gasteiger partial charge in [-0.15, -0.1) is 0 Å². The Morgan fingerprint density at radius 2 is 1.90 bits per heavy atom. The number of hydrogen-bond acceptors (Lipinski definition) is 3. The van der Waals surface area contributed by atoms with Crippen LogP contribution in [0.4, 0.5) is 0 Å². The summed E-state index contributed by atoms with van der Waals surface area (Å²) in [5.41, 5.74) is 2.48. The Balaban J connectivity index is 2.08. The van der Waals surface area contributed by atoms with Crippen molar-refractivity contribution in [3.05, 3.63) is 34.9 Å². The molecule has 1 fully saturated rings. The molecule has 2 rings (SSSR count). The highest BCUT2D eigenvalue weighted by molar-refractivity contribution is 7.90. The lowest BCUT2D eigenvalue weighted by Crippen LogP contribution is -2.21. The zero-order valence-corrected chi connectivity index (χ0v) is 12.7. The van der Waals surface area contributed by atoms with Gasteiger partial charge in [-0.2, -0.15) is 0 Å². The van der Waals surface area contributed by atoms with Crippen LogP contribution >= 0.6 is 0 Å². The summed E-state index contributed by atoms with van der Waals surface area (Å²) in [6.07, 6.45) is 1.36. The molecule has 0 unspecified atom stereocenters. The summed E-state index contributed by atoms with van der Waals surface area (Å²) < 4.78 is 24.5. The van der Waals surface area contributed by atoms with Gasteiger partial charge in [-0.05, 0) is 48.8 Å². The largest absolute Gasteiger partial charge is 0.481 e. The number of carboxylic acids is 1. The molecule has 1 aromatic rings. The smallest absolute Gasteiger partial charge is 0.303 e. The molecule has 0 aromatic heterocycles. The predicted molar refractivity (Wildman–Crippen MR) is 77.3 cm³/mol. The average molecular weight is 296 g/mol. The molecule has 110 valence electrons. The third-order valence-corrected chi connectivity index (χ3v) is 5.79. The molecule has 0 spiro atoms. The van der Waals surface area contributed by atoms with Crippen molar-refractivity contribution in [3.63, 3.8) is 0 Å². The second-order valence-electron chi connectivity index (χ2n) is 6.02. The molecule has 0 heterocycles. The predicted octanol–water partition coefficient (Wildman–Crippen LogP) is 2.47. The Kier molecular flexibility index (Phi) is 3.91. The SMILES string of the molecule is Cc1ccc(CS(=O)(=O)CC2(CC(=O)O)CC2)cc1C. The first-order chi connectivity index (χ1) is 9.21. The van der Waals surface area contributed by atoms with Gasteiger partial charge in [0.15, 0.2) is 9.84 Å². The topological polar surface area (TPSA) is 71.4 Å². The summed E-state index contributed by atoms with van der Waals surface area (Å²) in [4.78, 5) is 10.8. The fraction of sp³-hybridized carbons (Fsp3) is 0.533. The second kappa shape index (κ2) is 5.20. The Morgan fingerprint density at radius 1 is 1.25 bits per heavy atom. The minimum absolute atomic E-state index is 0.00448. The molecule has 4 nitrogen and oxygen atoms in total. The van der Waals surface area contributed by atoms with Crippen LogP contribution in [0.25, 0.3) is 0 Å². The van der Waals surface area contributed by atoms with Gasteiger partial charge in [-0.25, -0.2) is 8.42 Å². The van der Waals surface area contributed by atoms with E-state index in [4.69, 9.17) is 5.11 Å². The van der Waals surface area contributed by atoms with E-state index in [1.165, 1.54) is 0 Å².